The summed E-state index contributed by atoms with van der Waals surface area (Å²) in [5.74, 6) is 0.575. The molecule has 150 valence electrons. The Kier molecular flexibility index (Phi) is 5.57. The van der Waals surface area contributed by atoms with E-state index < -0.39 is 0 Å². The zero-order valence-corrected chi connectivity index (χ0v) is 17.9. The fourth-order valence-corrected chi connectivity index (χ4v) is 3.45. The van der Waals surface area contributed by atoms with Crippen LogP contribution in [0.1, 0.15) is 10.4 Å². The molecule has 1 N–H and O–H groups in total. The van der Waals surface area contributed by atoms with Gasteiger partial charge in [0, 0.05) is 41.7 Å². The minimum Gasteiger partial charge on any atom is -0.345 e. The molecular weight excluding hydrogens is 419 g/mol. The van der Waals surface area contributed by atoms with E-state index >= 15 is 0 Å². The lowest BCUT2D eigenvalue weighted by Crippen LogP contribution is -2.21. The van der Waals surface area contributed by atoms with Gasteiger partial charge in [-0.2, -0.15) is 0 Å². The van der Waals surface area contributed by atoms with Crippen molar-refractivity contribution in [1.29, 1.82) is 0 Å². The number of hydrogen-bond acceptors (Lipinski definition) is 4. The van der Waals surface area contributed by atoms with Crippen molar-refractivity contribution >= 4 is 51.4 Å². The average molecular weight is 437 g/mol. The van der Waals surface area contributed by atoms with E-state index in [0.717, 1.165) is 27.7 Å². The quantitative estimate of drug-likeness (QED) is 0.422. The van der Waals surface area contributed by atoms with Crippen molar-refractivity contribution in [3.8, 4) is 11.3 Å². The third kappa shape index (κ3) is 3.95. The average Bonchev–Trinajstić information content (AvgIpc) is 2.76. The Bertz CT molecular complexity index is 1240. The number of hydrogen-bond donors (Lipinski definition) is 1. The molecule has 0 atom stereocenters. The van der Waals surface area contributed by atoms with Crippen LogP contribution in [0.3, 0.4) is 0 Å². The molecule has 1 heterocycles. The van der Waals surface area contributed by atoms with Crippen molar-refractivity contribution in [1.82, 2.24) is 15.1 Å². The van der Waals surface area contributed by atoms with Gasteiger partial charge in [0.05, 0.1) is 10.0 Å². The molecule has 0 aliphatic heterocycles. The highest BCUT2D eigenvalue weighted by atomic mass is 35.5. The third-order valence-corrected chi connectivity index (χ3v) is 5.42. The second-order valence-corrected chi connectivity index (χ2v) is 7.79. The highest BCUT2D eigenvalue weighted by Crippen LogP contribution is 2.32. The summed E-state index contributed by atoms with van der Waals surface area (Å²) in [6.45, 7) is 0. The third-order valence-electron chi connectivity index (χ3n) is 4.68. The number of fused-ring (bicyclic) bond motifs is 1. The molecule has 0 saturated heterocycles. The van der Waals surface area contributed by atoms with E-state index in [-0.39, 0.29) is 5.91 Å². The summed E-state index contributed by atoms with van der Waals surface area (Å²) >= 11 is 12.1. The summed E-state index contributed by atoms with van der Waals surface area (Å²) in [4.78, 5) is 13.7. The predicted molar refractivity (Wildman–Crippen MR) is 123 cm³/mol. The van der Waals surface area contributed by atoms with Crippen LogP contribution in [0, 0.1) is 0 Å². The number of carbonyl (C=O) groups excluding carboxylic acids is 1. The molecule has 0 radical (unpaired) electrons. The molecule has 0 aliphatic carbocycles. The van der Waals surface area contributed by atoms with E-state index in [9.17, 15) is 4.79 Å². The molecule has 5 nitrogen and oxygen atoms in total. The van der Waals surface area contributed by atoms with Crippen LogP contribution >= 0.6 is 23.2 Å². The maximum absolute atomic E-state index is 12.1. The van der Waals surface area contributed by atoms with E-state index in [1.807, 2.05) is 42.5 Å². The van der Waals surface area contributed by atoms with Crippen LogP contribution < -0.4 is 5.32 Å². The van der Waals surface area contributed by atoms with Crippen molar-refractivity contribution in [3.05, 3.63) is 82.3 Å². The first-order valence-electron chi connectivity index (χ1n) is 9.23. The van der Waals surface area contributed by atoms with Crippen molar-refractivity contribution in [2.45, 2.75) is 0 Å². The van der Waals surface area contributed by atoms with Gasteiger partial charge in [0.25, 0.3) is 5.91 Å². The summed E-state index contributed by atoms with van der Waals surface area (Å²) in [7, 11) is 3.46. The number of amides is 1. The Morgan fingerprint density at radius 3 is 2.23 bits per heavy atom. The van der Waals surface area contributed by atoms with Gasteiger partial charge in [-0.25, -0.2) is 0 Å². The topological polar surface area (TPSA) is 58.1 Å². The minimum atomic E-state index is -0.0429. The standard InChI is InChI=1S/C23H18Cl2N4O/c1-29(2)23(30)15-9-7-14(8-10-15)21-17-5-3-4-6-18(17)22(28-27-21)26-16-11-12-19(24)20(25)13-16/h3-13H,1-2H3,(H,26,28). The lowest BCUT2D eigenvalue weighted by molar-refractivity contribution is 0.0827. The van der Waals surface area contributed by atoms with Crippen molar-refractivity contribution in [2.24, 2.45) is 0 Å². The van der Waals surface area contributed by atoms with Crippen LogP contribution in [0.5, 0.6) is 0 Å². The van der Waals surface area contributed by atoms with E-state index in [0.29, 0.717) is 21.4 Å². The number of benzene rings is 3. The van der Waals surface area contributed by atoms with Gasteiger partial charge in [-0.1, -0.05) is 59.6 Å². The Morgan fingerprint density at radius 2 is 1.57 bits per heavy atom. The maximum atomic E-state index is 12.1. The van der Waals surface area contributed by atoms with E-state index in [1.165, 1.54) is 0 Å². The van der Waals surface area contributed by atoms with Gasteiger partial charge in [0.15, 0.2) is 5.82 Å². The summed E-state index contributed by atoms with van der Waals surface area (Å²) in [6, 6.07) is 20.6. The second kappa shape index (κ2) is 8.30. The monoisotopic (exact) mass is 436 g/mol. The summed E-state index contributed by atoms with van der Waals surface area (Å²) in [5, 5.41) is 14.9. The number of carbonyl (C=O) groups is 1. The first kappa shape index (κ1) is 20.1. The Hall–Kier alpha value is -3.15. The molecule has 4 aromatic rings. The highest BCUT2D eigenvalue weighted by Gasteiger charge is 2.13. The van der Waals surface area contributed by atoms with Crippen LogP contribution in [0.25, 0.3) is 22.0 Å². The summed E-state index contributed by atoms with van der Waals surface area (Å²) < 4.78 is 0. The fourth-order valence-electron chi connectivity index (χ4n) is 3.15. The summed E-state index contributed by atoms with van der Waals surface area (Å²) in [5.41, 5.74) is 3.02. The zero-order valence-electron chi connectivity index (χ0n) is 16.4. The number of anilines is 2. The number of rotatable bonds is 4. The molecule has 0 saturated carbocycles. The molecule has 1 amide bonds. The first-order valence-corrected chi connectivity index (χ1v) is 9.99. The maximum Gasteiger partial charge on any atom is 0.253 e. The van der Waals surface area contributed by atoms with Crippen LogP contribution in [-0.4, -0.2) is 35.1 Å². The van der Waals surface area contributed by atoms with E-state index in [4.69, 9.17) is 23.2 Å². The van der Waals surface area contributed by atoms with Crippen molar-refractivity contribution < 1.29 is 4.79 Å². The Balaban J connectivity index is 1.74. The normalized spacial score (nSPS) is 10.8. The number of halogens is 2. The van der Waals surface area contributed by atoms with Gasteiger partial charge in [-0.3, -0.25) is 4.79 Å². The van der Waals surface area contributed by atoms with Gasteiger partial charge in [0.1, 0.15) is 5.69 Å². The minimum absolute atomic E-state index is 0.0429. The molecule has 0 spiro atoms. The number of nitrogens with one attached hydrogen (secondary N) is 1. The molecular formula is C23H18Cl2N4O. The first-order chi connectivity index (χ1) is 14.4. The molecule has 30 heavy (non-hydrogen) atoms. The van der Waals surface area contributed by atoms with Crippen molar-refractivity contribution in [2.75, 3.05) is 19.4 Å². The second-order valence-electron chi connectivity index (χ2n) is 6.97. The smallest absolute Gasteiger partial charge is 0.253 e. The van der Waals surface area contributed by atoms with Crippen LogP contribution in [0.2, 0.25) is 10.0 Å². The molecule has 4 rings (SSSR count). The lowest BCUT2D eigenvalue weighted by Gasteiger charge is -2.13. The predicted octanol–water partition coefficient (Wildman–Crippen LogP) is 6.05. The molecule has 0 fully saturated rings. The van der Waals surface area contributed by atoms with Gasteiger partial charge >= 0.3 is 0 Å². The molecule has 3 aromatic carbocycles. The zero-order chi connectivity index (χ0) is 21.3. The molecule has 0 bridgehead atoms. The molecule has 1 aromatic heterocycles. The van der Waals surface area contributed by atoms with Gasteiger partial charge < -0.3 is 10.2 Å². The van der Waals surface area contributed by atoms with Gasteiger partial charge in [-0.05, 0) is 30.3 Å². The number of aromatic nitrogens is 2. The molecule has 0 aliphatic rings. The highest BCUT2D eigenvalue weighted by molar-refractivity contribution is 6.42. The van der Waals surface area contributed by atoms with Crippen LogP contribution in [0.15, 0.2) is 66.7 Å². The fraction of sp³-hybridized carbons (Fsp3) is 0.0870. The largest absolute Gasteiger partial charge is 0.345 e. The summed E-state index contributed by atoms with van der Waals surface area (Å²) in [6.07, 6.45) is 0. The van der Waals surface area contributed by atoms with Crippen molar-refractivity contribution in [3.63, 3.8) is 0 Å². The molecule has 7 heteroatoms. The lowest BCUT2D eigenvalue weighted by atomic mass is 10.0. The van der Waals surface area contributed by atoms with E-state index in [2.05, 4.69) is 15.5 Å². The van der Waals surface area contributed by atoms with Gasteiger partial charge in [-0.15, -0.1) is 10.2 Å². The number of nitrogens with zero attached hydrogens (tertiary/aromatic N) is 3. The Labute approximate surface area is 184 Å². The van der Waals surface area contributed by atoms with Crippen LogP contribution in [0.4, 0.5) is 11.5 Å². The SMILES string of the molecule is CN(C)C(=O)c1ccc(-c2nnc(Nc3ccc(Cl)c(Cl)c3)c3ccccc23)cc1. The molecule has 0 unspecified atom stereocenters. The van der Waals surface area contributed by atoms with E-state index in [1.54, 1.807) is 43.3 Å². The van der Waals surface area contributed by atoms with Crippen LogP contribution in [-0.2, 0) is 0 Å². The Morgan fingerprint density at radius 1 is 0.867 bits per heavy atom. The van der Waals surface area contributed by atoms with Gasteiger partial charge in [0.2, 0.25) is 0 Å².